The van der Waals surface area contributed by atoms with E-state index in [1.165, 1.54) is 66.1 Å². The molecule has 0 aliphatic heterocycles. The van der Waals surface area contributed by atoms with Gasteiger partial charge in [-0.3, -0.25) is 0 Å². The number of benzene rings is 9. The molecule has 2 nitrogen and oxygen atoms in total. The Hall–Kier alpha value is -7.16. The van der Waals surface area contributed by atoms with Crippen LogP contribution in [0.5, 0.6) is 0 Å². The first-order valence-electron chi connectivity index (χ1n) is 20.2. The lowest BCUT2D eigenvalue weighted by Gasteiger charge is -2.27. The second-order valence-electron chi connectivity index (χ2n) is 15.4. The van der Waals surface area contributed by atoms with Gasteiger partial charge in [-0.1, -0.05) is 159 Å². The quantitative estimate of drug-likeness (QED) is 0.144. The molecule has 0 amide bonds. The number of anilines is 3. The third-order valence-electron chi connectivity index (χ3n) is 11.5. The number of allylic oxidation sites excluding steroid dienone is 1. The fourth-order valence-corrected chi connectivity index (χ4v) is 8.78. The third kappa shape index (κ3) is 6.24. The lowest BCUT2D eigenvalue weighted by molar-refractivity contribution is 0.669. The Bertz CT molecular complexity index is 3110. The molecular weight excluding hydrogens is 703 g/mol. The van der Waals surface area contributed by atoms with Gasteiger partial charge in [-0.05, 0) is 133 Å². The summed E-state index contributed by atoms with van der Waals surface area (Å²) in [7, 11) is 0. The van der Waals surface area contributed by atoms with Gasteiger partial charge < -0.3 is 9.32 Å². The summed E-state index contributed by atoms with van der Waals surface area (Å²) in [5, 5.41) is 7.45. The highest BCUT2D eigenvalue weighted by Crippen LogP contribution is 2.43. The van der Waals surface area contributed by atoms with Crippen molar-refractivity contribution in [2.24, 2.45) is 0 Å². The largest absolute Gasteiger partial charge is 0.456 e. The number of para-hydroxylation sites is 1. The topological polar surface area (TPSA) is 16.4 Å². The maximum absolute atomic E-state index is 6.08. The first-order valence-corrected chi connectivity index (χ1v) is 20.2. The van der Waals surface area contributed by atoms with E-state index in [1.807, 2.05) is 12.1 Å². The van der Waals surface area contributed by atoms with Crippen LogP contribution in [-0.2, 0) is 0 Å². The Morgan fingerprint density at radius 3 is 1.52 bits per heavy atom. The number of hydrogen-bond acceptors (Lipinski definition) is 2. The molecular formula is C56H43NO. The van der Waals surface area contributed by atoms with Crippen LogP contribution >= 0.6 is 0 Å². The van der Waals surface area contributed by atoms with E-state index in [4.69, 9.17) is 4.42 Å². The summed E-state index contributed by atoms with van der Waals surface area (Å²) in [6.45, 7) is 6.73. The molecule has 0 aliphatic rings. The molecule has 0 radical (unpaired) electrons. The normalized spacial score (nSPS) is 11.8. The van der Waals surface area contributed by atoms with Crippen LogP contribution in [0.1, 0.15) is 37.8 Å². The zero-order valence-electron chi connectivity index (χ0n) is 33.0. The summed E-state index contributed by atoms with van der Waals surface area (Å²) in [5.41, 5.74) is 15.0. The van der Waals surface area contributed by atoms with Gasteiger partial charge in [-0.2, -0.15) is 0 Å². The average molecular weight is 746 g/mol. The summed E-state index contributed by atoms with van der Waals surface area (Å²) in [6.07, 6.45) is 4.47. The minimum Gasteiger partial charge on any atom is -0.456 e. The zero-order chi connectivity index (χ0) is 39.2. The Morgan fingerprint density at radius 2 is 0.879 bits per heavy atom. The monoisotopic (exact) mass is 745 g/mol. The number of fused-ring (bicyclic) bond motifs is 6. The van der Waals surface area contributed by atoms with Crippen LogP contribution in [0.2, 0.25) is 0 Å². The summed E-state index contributed by atoms with van der Waals surface area (Å²) >= 11 is 0. The van der Waals surface area contributed by atoms with Crippen molar-refractivity contribution in [3.63, 3.8) is 0 Å². The van der Waals surface area contributed by atoms with Crippen LogP contribution in [0.4, 0.5) is 17.1 Å². The van der Waals surface area contributed by atoms with Crippen molar-refractivity contribution in [2.45, 2.75) is 26.7 Å². The number of rotatable bonds is 8. The van der Waals surface area contributed by atoms with Crippen molar-refractivity contribution < 1.29 is 4.42 Å². The van der Waals surface area contributed by atoms with Crippen LogP contribution in [0, 0.1) is 0 Å². The van der Waals surface area contributed by atoms with Crippen molar-refractivity contribution >= 4 is 66.6 Å². The lowest BCUT2D eigenvalue weighted by Crippen LogP contribution is -2.10. The molecule has 10 aromatic rings. The highest BCUT2D eigenvalue weighted by atomic mass is 16.3. The smallest absolute Gasteiger partial charge is 0.135 e. The minimum atomic E-state index is 0.368. The van der Waals surface area contributed by atoms with Crippen LogP contribution in [-0.4, -0.2) is 0 Å². The van der Waals surface area contributed by atoms with E-state index in [1.54, 1.807) is 0 Å². The fraction of sp³-hybridized carbons (Fsp3) is 0.0714. The molecule has 58 heavy (non-hydrogen) atoms. The molecule has 0 saturated carbocycles. The van der Waals surface area contributed by atoms with E-state index in [0.717, 1.165) is 39.0 Å². The van der Waals surface area contributed by atoms with Crippen molar-refractivity contribution in [3.05, 3.63) is 205 Å². The second-order valence-corrected chi connectivity index (χ2v) is 15.4. The summed E-state index contributed by atoms with van der Waals surface area (Å²) in [6, 6.07) is 68.0. The molecule has 1 aromatic heterocycles. The van der Waals surface area contributed by atoms with Gasteiger partial charge in [0.25, 0.3) is 0 Å². The van der Waals surface area contributed by atoms with Gasteiger partial charge in [-0.25, -0.2) is 0 Å². The predicted octanol–water partition coefficient (Wildman–Crippen LogP) is 16.5. The van der Waals surface area contributed by atoms with Gasteiger partial charge in [0.15, 0.2) is 0 Å². The van der Waals surface area contributed by atoms with Crippen molar-refractivity contribution in [1.29, 1.82) is 0 Å². The van der Waals surface area contributed by atoms with E-state index >= 15 is 0 Å². The van der Waals surface area contributed by atoms with Gasteiger partial charge in [0.1, 0.15) is 11.2 Å². The van der Waals surface area contributed by atoms with E-state index < -0.39 is 0 Å². The highest BCUT2D eigenvalue weighted by Gasteiger charge is 2.19. The molecule has 0 fully saturated rings. The molecule has 278 valence electrons. The maximum Gasteiger partial charge on any atom is 0.135 e. The van der Waals surface area contributed by atoms with E-state index in [2.05, 4.69) is 214 Å². The Labute approximate surface area is 339 Å². The number of nitrogens with zero attached hydrogens (tertiary/aromatic N) is 1. The molecule has 1 heterocycles. The molecule has 2 heteroatoms. The molecule has 0 unspecified atom stereocenters. The summed E-state index contributed by atoms with van der Waals surface area (Å²) in [5.74, 6) is 0.368. The van der Waals surface area contributed by atoms with Crippen LogP contribution in [0.3, 0.4) is 0 Å². The van der Waals surface area contributed by atoms with Crippen molar-refractivity contribution in [1.82, 2.24) is 0 Å². The highest BCUT2D eigenvalue weighted by molar-refractivity contribution is 6.14. The molecule has 0 N–H and O–H groups in total. The minimum absolute atomic E-state index is 0.368. The standard InChI is InChI=1S/C56H43NO/c1-4-12-50-52-36-46(32-33-48(52)47-15-8-9-17-51(47)56(50)37(2)3)57(44-28-23-40(24-29-44)38-13-6-5-7-14-38)45-30-25-41(26-31-45)39-19-21-42(22-20-39)43-27-34-55-53(35-43)49-16-10-11-18-54(49)58-55/h4-37H,1-3H3/b12-4-. The van der Waals surface area contributed by atoms with Crippen LogP contribution in [0.15, 0.2) is 199 Å². The molecule has 10 rings (SSSR count). The molecule has 0 aliphatic carbocycles. The van der Waals surface area contributed by atoms with E-state index in [9.17, 15) is 0 Å². The first kappa shape index (κ1) is 35.3. The molecule has 0 bridgehead atoms. The van der Waals surface area contributed by atoms with Crippen LogP contribution < -0.4 is 4.90 Å². The Balaban J connectivity index is 1.05. The van der Waals surface area contributed by atoms with Gasteiger partial charge in [0.2, 0.25) is 0 Å². The van der Waals surface area contributed by atoms with Gasteiger partial charge in [-0.15, -0.1) is 0 Å². The van der Waals surface area contributed by atoms with Gasteiger partial charge in [0, 0.05) is 27.8 Å². The number of hydrogen-bond donors (Lipinski definition) is 0. The second kappa shape index (κ2) is 14.7. The number of furan rings is 1. The molecule has 0 spiro atoms. The van der Waals surface area contributed by atoms with Gasteiger partial charge >= 0.3 is 0 Å². The summed E-state index contributed by atoms with van der Waals surface area (Å²) in [4.78, 5) is 2.39. The van der Waals surface area contributed by atoms with Crippen molar-refractivity contribution in [3.8, 4) is 33.4 Å². The van der Waals surface area contributed by atoms with Crippen molar-refractivity contribution in [2.75, 3.05) is 4.90 Å². The molecule has 0 atom stereocenters. The zero-order valence-corrected chi connectivity index (χ0v) is 33.0. The van der Waals surface area contributed by atoms with Crippen LogP contribution in [0.25, 0.3) is 82.9 Å². The van der Waals surface area contributed by atoms with E-state index in [-0.39, 0.29) is 0 Å². The SMILES string of the molecule is C/C=C\c1c(C(C)C)c2ccccc2c2ccc(N(c3ccc(-c4ccccc4)cc3)c3ccc(-c4ccc(-c5ccc6oc7ccccc7c6c5)cc4)cc3)cc12. The third-order valence-corrected chi connectivity index (χ3v) is 11.5. The average Bonchev–Trinajstić information content (AvgIpc) is 3.65. The maximum atomic E-state index is 6.08. The molecule has 0 saturated heterocycles. The Morgan fingerprint density at radius 1 is 0.397 bits per heavy atom. The predicted molar refractivity (Wildman–Crippen MR) is 249 cm³/mol. The fourth-order valence-electron chi connectivity index (χ4n) is 8.78. The first-order chi connectivity index (χ1) is 28.5. The lowest BCUT2D eigenvalue weighted by atomic mass is 9.86. The van der Waals surface area contributed by atoms with E-state index in [0.29, 0.717) is 5.92 Å². The summed E-state index contributed by atoms with van der Waals surface area (Å²) < 4.78 is 6.08. The Kier molecular flexibility index (Phi) is 8.96. The molecule has 9 aromatic carbocycles. The van der Waals surface area contributed by atoms with Gasteiger partial charge in [0.05, 0.1) is 0 Å².